The first-order valence-electron chi connectivity index (χ1n) is 9.61. The highest BCUT2D eigenvalue weighted by atomic mass is 16.6. The lowest BCUT2D eigenvalue weighted by atomic mass is 9.77. The van der Waals surface area contributed by atoms with Gasteiger partial charge in [0.25, 0.3) is 0 Å². The van der Waals surface area contributed by atoms with E-state index in [2.05, 4.69) is 26.3 Å². The van der Waals surface area contributed by atoms with Gasteiger partial charge in [0.1, 0.15) is 11.0 Å². The molecule has 1 aliphatic carbocycles. The fraction of sp³-hybridized carbons (Fsp3) is 0.500. The van der Waals surface area contributed by atoms with E-state index in [1.807, 2.05) is 37.3 Å². The lowest BCUT2D eigenvalue weighted by molar-refractivity contribution is 0.137. The highest BCUT2D eigenvalue weighted by Crippen LogP contribution is 2.44. The molecule has 0 bridgehead atoms. The molecule has 7 nitrogen and oxygen atoms in total. The van der Waals surface area contributed by atoms with Gasteiger partial charge in [0, 0.05) is 38.8 Å². The number of aryl methyl sites for hydroxylation is 1. The zero-order valence-corrected chi connectivity index (χ0v) is 15.9. The maximum Gasteiger partial charge on any atom is 0.225 e. The predicted octanol–water partition coefficient (Wildman–Crippen LogP) is 2.56. The highest BCUT2D eigenvalue weighted by molar-refractivity contribution is 5.76. The molecule has 2 aromatic heterocycles. The minimum atomic E-state index is 0.150. The minimum Gasteiger partial charge on any atom is -0.347 e. The van der Waals surface area contributed by atoms with Crippen LogP contribution in [0.4, 0.5) is 5.95 Å². The van der Waals surface area contributed by atoms with Crippen LogP contribution in [0.25, 0.3) is 11.0 Å². The molecule has 1 aliphatic heterocycles. The van der Waals surface area contributed by atoms with Crippen molar-refractivity contribution < 1.29 is 4.63 Å². The van der Waals surface area contributed by atoms with Crippen LogP contribution in [0.15, 0.2) is 29.0 Å². The summed E-state index contributed by atoms with van der Waals surface area (Å²) in [5.41, 5.74) is 5.63. The van der Waals surface area contributed by atoms with E-state index in [1.165, 1.54) is 36.1 Å². The summed E-state index contributed by atoms with van der Waals surface area (Å²) in [6.45, 7) is 3.00. The van der Waals surface area contributed by atoms with Gasteiger partial charge in [0.05, 0.1) is 5.69 Å². The van der Waals surface area contributed by atoms with Gasteiger partial charge in [-0.15, -0.1) is 0 Å². The number of likely N-dealkylation sites (tertiary alicyclic amines) is 1. The van der Waals surface area contributed by atoms with Crippen molar-refractivity contribution in [2.24, 2.45) is 0 Å². The number of anilines is 1. The van der Waals surface area contributed by atoms with Crippen LogP contribution in [0.2, 0.25) is 0 Å². The molecule has 1 aromatic carbocycles. The van der Waals surface area contributed by atoms with Gasteiger partial charge in [-0.2, -0.15) is 0 Å². The lowest BCUT2D eigenvalue weighted by Gasteiger charge is -2.40. The van der Waals surface area contributed by atoms with Crippen molar-refractivity contribution in [3.8, 4) is 0 Å². The van der Waals surface area contributed by atoms with Gasteiger partial charge in [-0.3, -0.25) is 4.90 Å². The molecule has 0 amide bonds. The van der Waals surface area contributed by atoms with Crippen LogP contribution < -0.4 is 4.90 Å². The maximum atomic E-state index is 4.96. The first kappa shape index (κ1) is 16.6. The van der Waals surface area contributed by atoms with E-state index < -0.39 is 0 Å². The molecule has 1 fully saturated rings. The Hall–Kier alpha value is -2.54. The van der Waals surface area contributed by atoms with Crippen molar-refractivity contribution >= 4 is 17.0 Å². The first-order chi connectivity index (χ1) is 13.1. The van der Waals surface area contributed by atoms with Gasteiger partial charge in [-0.05, 0) is 59.7 Å². The molecular weight excluding hydrogens is 340 g/mol. The Bertz CT molecular complexity index is 980. The molecule has 1 atom stereocenters. The molecule has 2 aliphatic rings. The molecule has 27 heavy (non-hydrogen) atoms. The summed E-state index contributed by atoms with van der Waals surface area (Å²) < 4.78 is 4.93. The van der Waals surface area contributed by atoms with Gasteiger partial charge in [-0.25, -0.2) is 14.6 Å². The van der Waals surface area contributed by atoms with Crippen molar-refractivity contribution in [2.45, 2.75) is 37.6 Å². The average molecular weight is 364 g/mol. The lowest BCUT2D eigenvalue weighted by Crippen LogP contribution is -2.45. The van der Waals surface area contributed by atoms with Crippen molar-refractivity contribution in [3.05, 3.63) is 41.2 Å². The Morgan fingerprint density at radius 2 is 2.15 bits per heavy atom. The van der Waals surface area contributed by atoms with Crippen LogP contribution in [0.1, 0.15) is 36.1 Å². The van der Waals surface area contributed by atoms with Gasteiger partial charge >= 0.3 is 0 Å². The second kappa shape index (κ2) is 6.27. The quantitative estimate of drug-likeness (QED) is 0.707. The summed E-state index contributed by atoms with van der Waals surface area (Å²) in [6.07, 6.45) is 6.68. The van der Waals surface area contributed by atoms with Crippen LogP contribution in [-0.2, 0) is 18.4 Å². The van der Waals surface area contributed by atoms with E-state index in [0.717, 1.165) is 43.0 Å². The Kier molecular flexibility index (Phi) is 3.86. The van der Waals surface area contributed by atoms with Crippen molar-refractivity contribution in [3.63, 3.8) is 0 Å². The minimum absolute atomic E-state index is 0.150. The predicted molar refractivity (Wildman–Crippen MR) is 103 cm³/mol. The molecule has 140 valence electrons. The zero-order chi connectivity index (χ0) is 18.4. The number of hydrogen-bond donors (Lipinski definition) is 0. The fourth-order valence-corrected chi connectivity index (χ4v) is 4.74. The molecule has 5 rings (SSSR count). The molecule has 3 aromatic rings. The summed E-state index contributed by atoms with van der Waals surface area (Å²) in [7, 11) is 4.01. The van der Waals surface area contributed by atoms with E-state index >= 15 is 0 Å². The van der Waals surface area contributed by atoms with Gasteiger partial charge in [0.15, 0.2) is 0 Å². The van der Waals surface area contributed by atoms with Crippen LogP contribution >= 0.6 is 0 Å². The molecule has 0 saturated carbocycles. The zero-order valence-electron chi connectivity index (χ0n) is 15.9. The molecule has 7 heteroatoms. The van der Waals surface area contributed by atoms with Crippen molar-refractivity contribution in [1.29, 1.82) is 0 Å². The maximum absolute atomic E-state index is 4.96. The Morgan fingerprint density at radius 1 is 1.22 bits per heavy atom. The van der Waals surface area contributed by atoms with E-state index in [-0.39, 0.29) is 5.41 Å². The molecule has 3 heterocycles. The smallest absolute Gasteiger partial charge is 0.225 e. The summed E-state index contributed by atoms with van der Waals surface area (Å²) in [4.78, 5) is 14.0. The Balaban J connectivity index is 1.44. The Labute approximate surface area is 158 Å². The number of fused-ring (bicyclic) bond motifs is 3. The number of nitrogens with zero attached hydrogens (tertiary/aromatic N) is 6. The second-order valence-electron chi connectivity index (χ2n) is 8.08. The third kappa shape index (κ3) is 2.77. The molecule has 0 N–H and O–H groups in total. The monoisotopic (exact) mass is 364 g/mol. The van der Waals surface area contributed by atoms with Crippen molar-refractivity contribution in [2.75, 3.05) is 32.1 Å². The van der Waals surface area contributed by atoms with Gasteiger partial charge < -0.3 is 4.90 Å². The number of rotatable bonds is 3. The molecule has 1 spiro atoms. The van der Waals surface area contributed by atoms with E-state index in [0.29, 0.717) is 0 Å². The fourth-order valence-electron chi connectivity index (χ4n) is 4.74. The SMILES string of the molecule is CN(C)c1ncc2c(n1)C1(CCCN(Cc3cccc4nonc34)C1)CC2. The number of benzene rings is 1. The summed E-state index contributed by atoms with van der Waals surface area (Å²) in [5, 5.41) is 8.07. The Morgan fingerprint density at radius 3 is 3.04 bits per heavy atom. The summed E-state index contributed by atoms with van der Waals surface area (Å²) >= 11 is 0. The second-order valence-corrected chi connectivity index (χ2v) is 8.08. The van der Waals surface area contributed by atoms with Crippen LogP contribution in [0, 0.1) is 0 Å². The molecule has 1 saturated heterocycles. The summed E-state index contributed by atoms with van der Waals surface area (Å²) in [5.74, 6) is 0.811. The molecule has 0 radical (unpaired) electrons. The van der Waals surface area contributed by atoms with Crippen LogP contribution in [0.5, 0.6) is 0 Å². The average Bonchev–Trinajstić information content (AvgIpc) is 3.28. The molecular formula is C20H24N6O. The van der Waals surface area contributed by atoms with E-state index in [4.69, 9.17) is 9.61 Å². The van der Waals surface area contributed by atoms with Gasteiger partial charge in [-0.1, -0.05) is 12.1 Å². The first-order valence-corrected chi connectivity index (χ1v) is 9.61. The molecule has 1 unspecified atom stereocenters. The van der Waals surface area contributed by atoms with E-state index in [9.17, 15) is 0 Å². The normalized spacial score (nSPS) is 22.4. The van der Waals surface area contributed by atoms with E-state index in [1.54, 1.807) is 0 Å². The van der Waals surface area contributed by atoms with Crippen LogP contribution in [-0.4, -0.2) is 52.4 Å². The third-order valence-corrected chi connectivity index (χ3v) is 6.05. The number of piperidine rings is 1. The standard InChI is InChI=1S/C20H24N6O/c1-25(2)19-21-11-14-7-9-20(18(14)22-19)8-4-10-26(13-20)12-15-5-3-6-16-17(15)24-27-23-16/h3,5-6,11H,4,7-10,12-13H2,1-2H3. The van der Waals surface area contributed by atoms with Gasteiger partial charge in [0.2, 0.25) is 5.95 Å². The number of aromatic nitrogens is 4. The highest BCUT2D eigenvalue weighted by Gasteiger charge is 2.43. The van der Waals surface area contributed by atoms with Crippen molar-refractivity contribution in [1.82, 2.24) is 25.2 Å². The topological polar surface area (TPSA) is 71.2 Å². The summed E-state index contributed by atoms with van der Waals surface area (Å²) in [6, 6.07) is 6.10. The largest absolute Gasteiger partial charge is 0.347 e. The van der Waals surface area contributed by atoms with Crippen LogP contribution in [0.3, 0.4) is 0 Å². The third-order valence-electron chi connectivity index (χ3n) is 6.05. The number of hydrogen-bond acceptors (Lipinski definition) is 7.